The molecule has 0 saturated carbocycles. The number of rotatable bonds is 8. The van der Waals surface area contributed by atoms with Crippen molar-refractivity contribution in [2.75, 3.05) is 20.2 Å². The van der Waals surface area contributed by atoms with Crippen LogP contribution in [0.15, 0.2) is 40.9 Å². The molecule has 1 aromatic carbocycles. The van der Waals surface area contributed by atoms with Gasteiger partial charge in [0.25, 0.3) is 0 Å². The first-order valence-corrected chi connectivity index (χ1v) is 7.10. The van der Waals surface area contributed by atoms with E-state index in [0.29, 0.717) is 0 Å². The molecule has 0 aliphatic carbocycles. The minimum atomic E-state index is 0.285. The predicted octanol–water partition coefficient (Wildman–Crippen LogP) is 2.94. The van der Waals surface area contributed by atoms with Crippen molar-refractivity contribution in [2.24, 2.45) is 0 Å². The summed E-state index contributed by atoms with van der Waals surface area (Å²) in [4.78, 5) is 2.23. The number of unbranched alkanes of at least 4 members (excludes halogenated alkanes) is 2. The highest BCUT2D eigenvalue weighted by atomic mass is 16.5. The Morgan fingerprint density at radius 1 is 1.15 bits per heavy atom. The second-order valence-corrected chi connectivity index (χ2v) is 5.07. The summed E-state index contributed by atoms with van der Waals surface area (Å²) in [5.41, 5.74) is 2.00. The van der Waals surface area contributed by atoms with Crippen molar-refractivity contribution in [1.82, 2.24) is 10.1 Å². The van der Waals surface area contributed by atoms with Gasteiger partial charge in [0, 0.05) is 24.8 Å². The molecule has 0 spiro atoms. The van der Waals surface area contributed by atoms with E-state index in [0.717, 1.165) is 49.4 Å². The van der Waals surface area contributed by atoms with Crippen LogP contribution >= 0.6 is 0 Å². The van der Waals surface area contributed by atoms with Gasteiger partial charge in [0.1, 0.15) is 0 Å². The average Bonchev–Trinajstić information content (AvgIpc) is 2.93. The Bertz CT molecular complexity index is 496. The molecule has 0 aliphatic rings. The molecule has 0 atom stereocenters. The SMILES string of the molecule is CN(CCCCCO)Cc1cc(-c2ccccc2)on1. The maximum atomic E-state index is 8.74. The summed E-state index contributed by atoms with van der Waals surface area (Å²) in [6, 6.07) is 12.0. The van der Waals surface area contributed by atoms with Gasteiger partial charge >= 0.3 is 0 Å². The summed E-state index contributed by atoms with van der Waals surface area (Å²) in [5, 5.41) is 12.9. The Morgan fingerprint density at radius 2 is 1.95 bits per heavy atom. The van der Waals surface area contributed by atoms with Crippen LogP contribution in [0.2, 0.25) is 0 Å². The van der Waals surface area contributed by atoms with E-state index in [1.165, 1.54) is 0 Å². The molecular weight excluding hydrogens is 252 g/mol. The van der Waals surface area contributed by atoms with E-state index in [2.05, 4.69) is 17.1 Å². The van der Waals surface area contributed by atoms with Gasteiger partial charge in [-0.15, -0.1) is 0 Å². The summed E-state index contributed by atoms with van der Waals surface area (Å²) in [7, 11) is 2.08. The van der Waals surface area contributed by atoms with Crippen molar-refractivity contribution in [3.8, 4) is 11.3 Å². The monoisotopic (exact) mass is 274 g/mol. The van der Waals surface area contributed by atoms with Crippen LogP contribution in [-0.4, -0.2) is 35.4 Å². The summed E-state index contributed by atoms with van der Waals surface area (Å²) >= 11 is 0. The van der Waals surface area contributed by atoms with Crippen LogP contribution < -0.4 is 0 Å². The second-order valence-electron chi connectivity index (χ2n) is 5.07. The van der Waals surface area contributed by atoms with Crippen LogP contribution in [0.25, 0.3) is 11.3 Å². The fourth-order valence-corrected chi connectivity index (χ4v) is 2.15. The number of aromatic nitrogens is 1. The molecule has 0 aliphatic heterocycles. The molecule has 0 saturated heterocycles. The van der Waals surface area contributed by atoms with Crippen LogP contribution in [0.1, 0.15) is 25.0 Å². The third-order valence-electron chi connectivity index (χ3n) is 3.25. The third kappa shape index (κ3) is 4.47. The molecule has 1 aromatic heterocycles. The van der Waals surface area contributed by atoms with Gasteiger partial charge in [-0.3, -0.25) is 0 Å². The minimum Gasteiger partial charge on any atom is -0.396 e. The fraction of sp³-hybridized carbons (Fsp3) is 0.438. The van der Waals surface area contributed by atoms with Crippen molar-refractivity contribution >= 4 is 0 Å². The zero-order chi connectivity index (χ0) is 14.2. The molecular formula is C16H22N2O2. The van der Waals surface area contributed by atoms with Crippen molar-refractivity contribution in [1.29, 1.82) is 0 Å². The number of aliphatic hydroxyl groups is 1. The molecule has 4 nitrogen and oxygen atoms in total. The van der Waals surface area contributed by atoms with Crippen LogP contribution in [0.3, 0.4) is 0 Å². The summed E-state index contributed by atoms with van der Waals surface area (Å²) < 4.78 is 5.38. The van der Waals surface area contributed by atoms with Crippen molar-refractivity contribution in [2.45, 2.75) is 25.8 Å². The highest BCUT2D eigenvalue weighted by molar-refractivity contribution is 5.56. The lowest BCUT2D eigenvalue weighted by molar-refractivity contribution is 0.269. The number of benzene rings is 1. The molecule has 1 heterocycles. The van der Waals surface area contributed by atoms with E-state index in [1.807, 2.05) is 36.4 Å². The highest BCUT2D eigenvalue weighted by Crippen LogP contribution is 2.20. The fourth-order valence-electron chi connectivity index (χ4n) is 2.15. The Hall–Kier alpha value is -1.65. The number of hydrogen-bond acceptors (Lipinski definition) is 4. The van der Waals surface area contributed by atoms with Gasteiger partial charge in [0.2, 0.25) is 0 Å². The zero-order valence-electron chi connectivity index (χ0n) is 12.0. The molecule has 4 heteroatoms. The topological polar surface area (TPSA) is 49.5 Å². The van der Waals surface area contributed by atoms with Crippen LogP contribution in [0.4, 0.5) is 0 Å². The number of hydrogen-bond donors (Lipinski definition) is 1. The normalized spacial score (nSPS) is 11.2. The zero-order valence-corrected chi connectivity index (χ0v) is 12.0. The number of aliphatic hydroxyl groups excluding tert-OH is 1. The molecule has 1 N–H and O–H groups in total. The van der Waals surface area contributed by atoms with Gasteiger partial charge < -0.3 is 14.5 Å². The van der Waals surface area contributed by atoms with Gasteiger partial charge in [-0.2, -0.15) is 0 Å². The Morgan fingerprint density at radius 3 is 2.70 bits per heavy atom. The molecule has 0 fully saturated rings. The Labute approximate surface area is 120 Å². The average molecular weight is 274 g/mol. The standard InChI is InChI=1S/C16H22N2O2/c1-18(10-6-3-7-11-19)13-15-12-16(20-17-15)14-8-4-2-5-9-14/h2,4-5,8-9,12,19H,3,6-7,10-11,13H2,1H3. The summed E-state index contributed by atoms with van der Waals surface area (Å²) in [6.07, 6.45) is 3.05. The summed E-state index contributed by atoms with van der Waals surface area (Å²) in [6.45, 7) is 2.08. The molecule has 2 rings (SSSR count). The van der Waals surface area contributed by atoms with E-state index in [9.17, 15) is 0 Å². The van der Waals surface area contributed by atoms with E-state index in [1.54, 1.807) is 0 Å². The smallest absolute Gasteiger partial charge is 0.167 e. The van der Waals surface area contributed by atoms with E-state index in [4.69, 9.17) is 9.63 Å². The lowest BCUT2D eigenvalue weighted by Crippen LogP contribution is -2.19. The first-order chi connectivity index (χ1) is 9.79. The predicted molar refractivity (Wildman–Crippen MR) is 79.2 cm³/mol. The van der Waals surface area contributed by atoms with E-state index >= 15 is 0 Å². The van der Waals surface area contributed by atoms with E-state index in [-0.39, 0.29) is 6.61 Å². The Balaban J connectivity index is 1.83. The highest BCUT2D eigenvalue weighted by Gasteiger charge is 2.08. The molecule has 0 amide bonds. The van der Waals surface area contributed by atoms with Crippen LogP contribution in [0.5, 0.6) is 0 Å². The molecule has 0 bridgehead atoms. The maximum Gasteiger partial charge on any atom is 0.167 e. The van der Waals surface area contributed by atoms with Gasteiger partial charge in [-0.1, -0.05) is 35.5 Å². The van der Waals surface area contributed by atoms with Gasteiger partial charge in [-0.25, -0.2) is 0 Å². The lowest BCUT2D eigenvalue weighted by atomic mass is 10.1. The lowest BCUT2D eigenvalue weighted by Gasteiger charge is -2.14. The summed E-state index contributed by atoms with van der Waals surface area (Å²) in [5.74, 6) is 0.814. The molecule has 108 valence electrons. The van der Waals surface area contributed by atoms with Gasteiger partial charge in [0.15, 0.2) is 5.76 Å². The van der Waals surface area contributed by atoms with Crippen LogP contribution in [-0.2, 0) is 6.54 Å². The first-order valence-electron chi connectivity index (χ1n) is 7.10. The minimum absolute atomic E-state index is 0.285. The van der Waals surface area contributed by atoms with Gasteiger partial charge in [0.05, 0.1) is 5.69 Å². The van der Waals surface area contributed by atoms with Gasteiger partial charge in [-0.05, 0) is 32.9 Å². The van der Waals surface area contributed by atoms with Crippen molar-refractivity contribution in [3.63, 3.8) is 0 Å². The third-order valence-corrected chi connectivity index (χ3v) is 3.25. The quantitative estimate of drug-likeness (QED) is 0.752. The van der Waals surface area contributed by atoms with Crippen LogP contribution in [0, 0.1) is 0 Å². The van der Waals surface area contributed by atoms with Crippen molar-refractivity contribution in [3.05, 3.63) is 42.1 Å². The largest absolute Gasteiger partial charge is 0.396 e. The first kappa shape index (κ1) is 14.8. The maximum absolute atomic E-state index is 8.74. The Kier molecular flexibility index (Phi) is 5.77. The molecule has 0 unspecified atom stereocenters. The number of nitrogens with zero attached hydrogens (tertiary/aromatic N) is 2. The second kappa shape index (κ2) is 7.82. The molecule has 2 aromatic rings. The van der Waals surface area contributed by atoms with E-state index < -0.39 is 0 Å². The molecule has 20 heavy (non-hydrogen) atoms. The van der Waals surface area contributed by atoms with Crippen molar-refractivity contribution < 1.29 is 9.63 Å². The molecule has 0 radical (unpaired) electrons.